The van der Waals surface area contributed by atoms with Gasteiger partial charge in [-0.05, 0) is 0 Å². The molecule has 1 aliphatic rings. The van der Waals surface area contributed by atoms with Crippen molar-refractivity contribution in [1.82, 2.24) is 19.5 Å². The second-order valence-corrected chi connectivity index (χ2v) is 6.05. The van der Waals surface area contributed by atoms with Crippen LogP contribution in [0.15, 0.2) is 6.33 Å². The van der Waals surface area contributed by atoms with E-state index in [0.29, 0.717) is 0 Å². The lowest BCUT2D eigenvalue weighted by Gasteiger charge is -2.18. The van der Waals surface area contributed by atoms with Gasteiger partial charge in [0, 0.05) is 20.3 Å². The van der Waals surface area contributed by atoms with E-state index in [2.05, 4.69) is 15.0 Å². The summed E-state index contributed by atoms with van der Waals surface area (Å²) in [5.74, 6) is -2.77. The minimum absolute atomic E-state index is 0.135. The molecule has 2 aromatic heterocycles. The molecule has 3 atom stereocenters. The number of anilines is 1. The highest BCUT2D eigenvalue weighted by molar-refractivity contribution is 5.82. The van der Waals surface area contributed by atoms with Crippen LogP contribution in [0.25, 0.3) is 11.2 Å². The van der Waals surface area contributed by atoms with E-state index in [9.17, 15) is 22.8 Å². The molecule has 3 heterocycles. The van der Waals surface area contributed by atoms with Gasteiger partial charge in [-0.15, -0.1) is 0 Å². The molecule has 13 heteroatoms. The summed E-state index contributed by atoms with van der Waals surface area (Å²) in [5.41, 5.74) is 5.21. The van der Waals surface area contributed by atoms with Crippen LogP contribution in [0.5, 0.6) is 0 Å². The lowest BCUT2D eigenvalue weighted by Crippen LogP contribution is -2.31. The highest BCUT2D eigenvalue weighted by atomic mass is 19.4. The van der Waals surface area contributed by atoms with E-state index in [0.717, 1.165) is 24.7 Å². The topological polar surface area (TPSA) is 131 Å². The fraction of sp³-hybridized carbons (Fsp3) is 0.533. The number of ether oxygens (including phenoxy) is 3. The third-order valence-electron chi connectivity index (χ3n) is 4.00. The number of nitrogens with two attached hydrogens (primary N) is 1. The van der Waals surface area contributed by atoms with Crippen molar-refractivity contribution in [3.63, 3.8) is 0 Å². The first kappa shape index (κ1) is 19.8. The average molecular weight is 403 g/mol. The molecule has 3 rings (SSSR count). The molecule has 1 aliphatic heterocycles. The quantitative estimate of drug-likeness (QED) is 0.748. The third-order valence-corrected chi connectivity index (χ3v) is 4.00. The lowest BCUT2D eigenvalue weighted by molar-refractivity contribution is -0.157. The summed E-state index contributed by atoms with van der Waals surface area (Å²) in [6.07, 6.45) is -7.09. The smallest absolute Gasteiger partial charge is 0.449 e. The number of carbonyl (C=O) groups excluding carboxylic acids is 2. The van der Waals surface area contributed by atoms with Crippen molar-refractivity contribution in [2.24, 2.45) is 0 Å². The summed E-state index contributed by atoms with van der Waals surface area (Å²) >= 11 is 0. The molecule has 0 aliphatic carbocycles. The van der Waals surface area contributed by atoms with Crippen LogP contribution in [0.4, 0.5) is 19.0 Å². The van der Waals surface area contributed by atoms with Crippen molar-refractivity contribution in [1.29, 1.82) is 0 Å². The van der Waals surface area contributed by atoms with Crippen molar-refractivity contribution in [2.75, 3.05) is 12.3 Å². The first-order chi connectivity index (χ1) is 13.1. The second-order valence-electron chi connectivity index (χ2n) is 6.05. The standard InChI is InChI=1S/C15H16F3N5O5/c1-6(24)26-4-9-8(27-7(2)25)3-10(28-9)23-13-11(12(19)20-5-21-13)22-14(23)15(16,17)18/h5,8-10H,3-4H2,1-2H3,(H2,19,20,21)/t8-,9+,10+/m0/s1. The monoisotopic (exact) mass is 403 g/mol. The zero-order valence-electron chi connectivity index (χ0n) is 14.8. The summed E-state index contributed by atoms with van der Waals surface area (Å²) in [6, 6.07) is 0. The van der Waals surface area contributed by atoms with E-state index in [-0.39, 0.29) is 30.0 Å². The average Bonchev–Trinajstić information content (AvgIpc) is 3.14. The number of esters is 2. The molecular weight excluding hydrogens is 387 g/mol. The van der Waals surface area contributed by atoms with Crippen LogP contribution in [0.3, 0.4) is 0 Å². The van der Waals surface area contributed by atoms with E-state index in [4.69, 9.17) is 19.9 Å². The summed E-state index contributed by atoms with van der Waals surface area (Å²) in [5, 5.41) is 0. The van der Waals surface area contributed by atoms with Crippen LogP contribution in [-0.4, -0.2) is 50.3 Å². The van der Waals surface area contributed by atoms with E-state index >= 15 is 0 Å². The van der Waals surface area contributed by atoms with Crippen molar-refractivity contribution in [3.8, 4) is 0 Å². The Kier molecular flexibility index (Phi) is 5.10. The molecule has 0 saturated carbocycles. The van der Waals surface area contributed by atoms with Crippen LogP contribution in [0.1, 0.15) is 32.3 Å². The number of hydrogen-bond acceptors (Lipinski definition) is 9. The Morgan fingerprint density at radius 1 is 1.32 bits per heavy atom. The Morgan fingerprint density at radius 2 is 2.04 bits per heavy atom. The molecule has 0 bridgehead atoms. The van der Waals surface area contributed by atoms with Gasteiger partial charge in [0.1, 0.15) is 31.4 Å². The molecular formula is C15H16F3N5O5. The lowest BCUT2D eigenvalue weighted by atomic mass is 10.2. The molecule has 10 nitrogen and oxygen atoms in total. The van der Waals surface area contributed by atoms with Gasteiger partial charge in [-0.1, -0.05) is 0 Å². The van der Waals surface area contributed by atoms with Gasteiger partial charge in [0.25, 0.3) is 0 Å². The number of alkyl halides is 3. The highest BCUT2D eigenvalue weighted by Crippen LogP contribution is 2.39. The Hall–Kier alpha value is -2.96. The number of rotatable bonds is 4. The molecule has 0 amide bonds. The summed E-state index contributed by atoms with van der Waals surface area (Å²) in [4.78, 5) is 33.4. The number of carbonyl (C=O) groups is 2. The molecule has 2 aromatic rings. The van der Waals surface area contributed by atoms with Crippen LogP contribution in [0.2, 0.25) is 0 Å². The number of imidazole rings is 1. The predicted octanol–water partition coefficient (Wildman–Crippen LogP) is 1.21. The van der Waals surface area contributed by atoms with E-state index < -0.39 is 42.4 Å². The number of aromatic nitrogens is 4. The van der Waals surface area contributed by atoms with E-state index in [1.54, 1.807) is 0 Å². The Balaban J connectivity index is 2.02. The van der Waals surface area contributed by atoms with Gasteiger partial charge in [-0.25, -0.2) is 15.0 Å². The Bertz CT molecular complexity index is 915. The van der Waals surface area contributed by atoms with Crippen LogP contribution >= 0.6 is 0 Å². The third kappa shape index (κ3) is 3.83. The molecule has 1 saturated heterocycles. The van der Waals surface area contributed by atoms with Gasteiger partial charge in [0.2, 0.25) is 5.82 Å². The number of nitrogens with zero attached hydrogens (tertiary/aromatic N) is 4. The molecule has 0 unspecified atom stereocenters. The molecule has 0 aromatic carbocycles. The van der Waals surface area contributed by atoms with Gasteiger partial charge < -0.3 is 19.9 Å². The molecule has 152 valence electrons. The van der Waals surface area contributed by atoms with Gasteiger partial charge in [-0.3, -0.25) is 14.2 Å². The normalized spacial score (nSPS) is 22.4. The largest absolute Gasteiger partial charge is 0.463 e. The fourth-order valence-electron chi connectivity index (χ4n) is 2.94. The molecule has 0 spiro atoms. The number of nitrogen functional groups attached to an aromatic ring is 1. The van der Waals surface area contributed by atoms with Crippen LogP contribution in [0, 0.1) is 0 Å². The van der Waals surface area contributed by atoms with Crippen LogP contribution < -0.4 is 5.73 Å². The van der Waals surface area contributed by atoms with Gasteiger partial charge in [-0.2, -0.15) is 13.2 Å². The van der Waals surface area contributed by atoms with E-state index in [1.807, 2.05) is 0 Å². The molecule has 2 N–H and O–H groups in total. The maximum absolute atomic E-state index is 13.5. The maximum Gasteiger partial charge on any atom is 0.449 e. The molecule has 28 heavy (non-hydrogen) atoms. The van der Waals surface area contributed by atoms with Crippen LogP contribution in [-0.2, 0) is 30.0 Å². The predicted molar refractivity (Wildman–Crippen MR) is 85.5 cm³/mol. The fourth-order valence-corrected chi connectivity index (χ4v) is 2.94. The SMILES string of the molecule is CC(=O)OC[C@H]1O[C@@H](n2c(C(F)(F)F)nc3c(N)ncnc32)C[C@@H]1OC(C)=O. The summed E-state index contributed by atoms with van der Waals surface area (Å²) in [7, 11) is 0. The Morgan fingerprint density at radius 3 is 2.64 bits per heavy atom. The minimum atomic E-state index is -4.83. The van der Waals surface area contributed by atoms with Gasteiger partial charge in [0.05, 0.1) is 0 Å². The summed E-state index contributed by atoms with van der Waals surface area (Å²) in [6.45, 7) is 2.02. The number of hydrogen-bond donors (Lipinski definition) is 1. The number of halogens is 3. The highest BCUT2D eigenvalue weighted by Gasteiger charge is 2.45. The second kappa shape index (κ2) is 7.22. The summed E-state index contributed by atoms with van der Waals surface area (Å²) < 4.78 is 57.0. The maximum atomic E-state index is 13.5. The van der Waals surface area contributed by atoms with E-state index in [1.165, 1.54) is 0 Å². The van der Waals surface area contributed by atoms with Crippen molar-refractivity contribution < 1.29 is 37.0 Å². The zero-order chi connectivity index (χ0) is 20.6. The van der Waals surface area contributed by atoms with Gasteiger partial charge in [0.15, 0.2) is 17.0 Å². The Labute approximate surface area is 155 Å². The van der Waals surface area contributed by atoms with Crippen molar-refractivity contribution in [3.05, 3.63) is 12.2 Å². The molecule has 0 radical (unpaired) electrons. The first-order valence-corrected chi connectivity index (χ1v) is 8.09. The van der Waals surface area contributed by atoms with Gasteiger partial charge >= 0.3 is 18.1 Å². The van der Waals surface area contributed by atoms with Crippen molar-refractivity contribution >= 4 is 28.9 Å². The van der Waals surface area contributed by atoms with Crippen molar-refractivity contribution in [2.45, 2.75) is 44.9 Å². The number of fused-ring (bicyclic) bond motifs is 1. The molecule has 1 fully saturated rings. The first-order valence-electron chi connectivity index (χ1n) is 8.09. The zero-order valence-corrected chi connectivity index (χ0v) is 14.8. The minimum Gasteiger partial charge on any atom is -0.463 e.